The Balaban J connectivity index is 1.55. The second-order valence-corrected chi connectivity index (χ2v) is 6.37. The highest BCUT2D eigenvalue weighted by atomic mass is 32.2. The maximum atomic E-state index is 3.45. The number of thioether (sulfide) groups is 1. The van der Waals surface area contributed by atoms with E-state index in [1.807, 2.05) is 0 Å². The van der Waals surface area contributed by atoms with Crippen LogP contribution in [0.3, 0.4) is 0 Å². The molecule has 2 saturated heterocycles. The lowest BCUT2D eigenvalue weighted by Gasteiger charge is -2.24. The molecule has 2 aliphatic rings. The summed E-state index contributed by atoms with van der Waals surface area (Å²) >= 11 is 2.13. The van der Waals surface area contributed by atoms with E-state index in [-0.39, 0.29) is 0 Å². The number of nitrogens with one attached hydrogen (secondary N) is 1. The average Bonchev–Trinajstić information content (AvgIpc) is 2.59. The fourth-order valence-electron chi connectivity index (χ4n) is 2.80. The molecule has 16 heavy (non-hydrogen) atoms. The first-order valence-corrected chi connectivity index (χ1v) is 8.11. The first-order chi connectivity index (χ1) is 7.95. The van der Waals surface area contributed by atoms with Gasteiger partial charge in [0.15, 0.2) is 0 Å². The lowest BCUT2D eigenvalue weighted by Crippen LogP contribution is -2.30. The summed E-state index contributed by atoms with van der Waals surface area (Å²) in [4.78, 5) is 2.68. The molecule has 0 radical (unpaired) electrons. The van der Waals surface area contributed by atoms with Crippen LogP contribution in [0.5, 0.6) is 0 Å². The Morgan fingerprint density at radius 2 is 2.00 bits per heavy atom. The molecule has 0 aromatic carbocycles. The van der Waals surface area contributed by atoms with Gasteiger partial charge in [0.25, 0.3) is 0 Å². The minimum absolute atomic E-state index is 1.02. The third-order valence-electron chi connectivity index (χ3n) is 3.86. The second-order valence-electron chi connectivity index (χ2n) is 5.14. The van der Waals surface area contributed by atoms with Crippen LogP contribution >= 0.6 is 11.8 Å². The molecule has 2 heterocycles. The van der Waals surface area contributed by atoms with Crippen LogP contribution < -0.4 is 5.32 Å². The van der Waals surface area contributed by atoms with Crippen molar-refractivity contribution in [2.24, 2.45) is 5.92 Å². The summed E-state index contributed by atoms with van der Waals surface area (Å²) in [6, 6.07) is 0. The summed E-state index contributed by atoms with van der Waals surface area (Å²) in [7, 11) is 0. The van der Waals surface area contributed by atoms with Gasteiger partial charge in [-0.25, -0.2) is 0 Å². The zero-order valence-electron chi connectivity index (χ0n) is 10.4. The number of nitrogens with zero attached hydrogens (tertiary/aromatic N) is 1. The van der Waals surface area contributed by atoms with Crippen LogP contribution in [-0.4, -0.2) is 49.1 Å². The molecule has 2 fully saturated rings. The van der Waals surface area contributed by atoms with Gasteiger partial charge in [-0.2, -0.15) is 11.8 Å². The highest BCUT2D eigenvalue weighted by Crippen LogP contribution is 2.18. The van der Waals surface area contributed by atoms with E-state index in [4.69, 9.17) is 0 Å². The zero-order chi connectivity index (χ0) is 11.1. The topological polar surface area (TPSA) is 15.3 Å². The van der Waals surface area contributed by atoms with Gasteiger partial charge in [0, 0.05) is 12.3 Å². The third-order valence-corrected chi connectivity index (χ3v) is 4.91. The van der Waals surface area contributed by atoms with Crippen LogP contribution in [0.25, 0.3) is 0 Å². The van der Waals surface area contributed by atoms with Crippen LogP contribution in [0.1, 0.15) is 32.1 Å². The Morgan fingerprint density at radius 1 is 1.12 bits per heavy atom. The van der Waals surface area contributed by atoms with Crippen molar-refractivity contribution in [2.75, 3.05) is 44.2 Å². The summed E-state index contributed by atoms with van der Waals surface area (Å²) in [6.45, 7) is 6.54. The van der Waals surface area contributed by atoms with Gasteiger partial charge in [0.05, 0.1) is 0 Å². The van der Waals surface area contributed by atoms with Gasteiger partial charge in [-0.05, 0) is 70.0 Å². The van der Waals surface area contributed by atoms with E-state index in [2.05, 4.69) is 22.0 Å². The van der Waals surface area contributed by atoms with Gasteiger partial charge in [-0.3, -0.25) is 0 Å². The molecule has 2 aliphatic heterocycles. The number of piperidine rings is 1. The van der Waals surface area contributed by atoms with Crippen LogP contribution in [-0.2, 0) is 0 Å². The van der Waals surface area contributed by atoms with Crippen LogP contribution in [0, 0.1) is 5.92 Å². The van der Waals surface area contributed by atoms with Gasteiger partial charge < -0.3 is 10.2 Å². The predicted molar refractivity (Wildman–Crippen MR) is 73.2 cm³/mol. The van der Waals surface area contributed by atoms with E-state index in [1.54, 1.807) is 0 Å². The molecule has 0 aliphatic carbocycles. The molecule has 0 spiro atoms. The Hall–Kier alpha value is 0.270. The van der Waals surface area contributed by atoms with Gasteiger partial charge in [-0.1, -0.05) is 0 Å². The Morgan fingerprint density at radius 3 is 2.88 bits per heavy atom. The lowest BCUT2D eigenvalue weighted by molar-refractivity contribution is 0.267. The molecule has 2 rings (SSSR count). The van der Waals surface area contributed by atoms with Gasteiger partial charge in [0.1, 0.15) is 0 Å². The largest absolute Gasteiger partial charge is 0.317 e. The monoisotopic (exact) mass is 242 g/mol. The summed E-state index contributed by atoms with van der Waals surface area (Å²) < 4.78 is 0. The maximum Gasteiger partial charge on any atom is 0.00723 e. The second kappa shape index (κ2) is 7.57. The molecule has 0 saturated carbocycles. The normalized spacial score (nSPS) is 25.5. The Labute approximate surface area is 105 Å². The zero-order valence-corrected chi connectivity index (χ0v) is 11.2. The maximum absolute atomic E-state index is 3.45. The Bertz CT molecular complexity index is 173. The minimum Gasteiger partial charge on any atom is -0.317 e. The molecular weight excluding hydrogens is 216 g/mol. The summed E-state index contributed by atoms with van der Waals surface area (Å²) in [5.41, 5.74) is 0. The van der Waals surface area contributed by atoms with Crippen molar-refractivity contribution in [1.82, 2.24) is 10.2 Å². The highest BCUT2D eigenvalue weighted by Gasteiger charge is 2.14. The summed E-state index contributed by atoms with van der Waals surface area (Å²) in [6.07, 6.45) is 7.12. The van der Waals surface area contributed by atoms with E-state index in [1.165, 1.54) is 76.3 Å². The number of hydrogen-bond donors (Lipinski definition) is 1. The predicted octanol–water partition coefficient (Wildman–Crippen LogP) is 2.21. The van der Waals surface area contributed by atoms with Crippen molar-refractivity contribution >= 4 is 11.8 Å². The molecule has 1 N–H and O–H groups in total. The molecule has 0 unspecified atom stereocenters. The van der Waals surface area contributed by atoms with E-state index >= 15 is 0 Å². The third kappa shape index (κ3) is 4.64. The Kier molecular flexibility index (Phi) is 6.02. The smallest absolute Gasteiger partial charge is 0.00723 e. The molecule has 0 atom stereocenters. The minimum atomic E-state index is 1.02. The highest BCUT2D eigenvalue weighted by molar-refractivity contribution is 7.99. The summed E-state index contributed by atoms with van der Waals surface area (Å²) in [5, 5.41) is 3.45. The lowest BCUT2D eigenvalue weighted by atomic mass is 9.93. The van der Waals surface area contributed by atoms with Crippen molar-refractivity contribution < 1.29 is 0 Å². The fourth-order valence-corrected chi connectivity index (χ4v) is 3.72. The standard InChI is InChI=1S/C13H26N2S/c1(3-13-4-6-14-7-5-13)8-15-9-2-11-16-12-10-15/h13-14H,1-12H2. The number of hydrogen-bond acceptors (Lipinski definition) is 3. The van der Waals surface area contributed by atoms with Crippen molar-refractivity contribution in [3.05, 3.63) is 0 Å². The molecule has 0 amide bonds. The molecule has 94 valence electrons. The van der Waals surface area contributed by atoms with Gasteiger partial charge in [-0.15, -0.1) is 0 Å². The van der Waals surface area contributed by atoms with Crippen molar-refractivity contribution in [2.45, 2.75) is 32.1 Å². The quantitative estimate of drug-likeness (QED) is 0.814. The first-order valence-electron chi connectivity index (χ1n) is 6.96. The van der Waals surface area contributed by atoms with Crippen LogP contribution in [0.2, 0.25) is 0 Å². The number of rotatable bonds is 4. The average molecular weight is 242 g/mol. The molecule has 2 nitrogen and oxygen atoms in total. The molecule has 0 aromatic rings. The van der Waals surface area contributed by atoms with Gasteiger partial charge in [0.2, 0.25) is 0 Å². The van der Waals surface area contributed by atoms with Crippen molar-refractivity contribution in [3.63, 3.8) is 0 Å². The SMILES string of the molecule is C1CSCCN(CCCC2CCNCC2)C1. The molecule has 0 bridgehead atoms. The van der Waals surface area contributed by atoms with Crippen LogP contribution in [0.4, 0.5) is 0 Å². The van der Waals surface area contributed by atoms with Crippen molar-refractivity contribution in [3.8, 4) is 0 Å². The molecular formula is C13H26N2S. The van der Waals surface area contributed by atoms with E-state index in [9.17, 15) is 0 Å². The van der Waals surface area contributed by atoms with Gasteiger partial charge >= 0.3 is 0 Å². The fraction of sp³-hybridized carbons (Fsp3) is 1.00. The van der Waals surface area contributed by atoms with E-state index in [0.717, 1.165) is 5.92 Å². The molecule has 3 heteroatoms. The van der Waals surface area contributed by atoms with Crippen molar-refractivity contribution in [1.29, 1.82) is 0 Å². The summed E-state index contributed by atoms with van der Waals surface area (Å²) in [5.74, 6) is 3.75. The van der Waals surface area contributed by atoms with E-state index in [0.29, 0.717) is 0 Å². The van der Waals surface area contributed by atoms with E-state index < -0.39 is 0 Å². The first kappa shape index (κ1) is 12.7. The molecule has 0 aromatic heterocycles. The van der Waals surface area contributed by atoms with Crippen LogP contribution in [0.15, 0.2) is 0 Å².